The minimum atomic E-state index is -0.137. The standard InChI is InChI=1S/C16H18BrNO/c1-10-8-15(17)11(2)7-14(10)16(18)12-5-4-6-13(9-12)19-3/h4-9,16H,18H2,1-3H3. The Kier molecular flexibility index (Phi) is 4.27. The van der Waals surface area contributed by atoms with Gasteiger partial charge in [-0.15, -0.1) is 0 Å². The van der Waals surface area contributed by atoms with Crippen molar-refractivity contribution >= 4 is 15.9 Å². The largest absolute Gasteiger partial charge is 0.497 e. The predicted molar refractivity (Wildman–Crippen MR) is 82.6 cm³/mol. The van der Waals surface area contributed by atoms with Crippen LogP contribution in [0.3, 0.4) is 0 Å². The summed E-state index contributed by atoms with van der Waals surface area (Å²) >= 11 is 3.55. The Morgan fingerprint density at radius 2 is 1.84 bits per heavy atom. The first-order valence-corrected chi connectivity index (χ1v) is 6.98. The SMILES string of the molecule is COc1cccc(C(N)c2cc(C)c(Br)cc2C)c1. The van der Waals surface area contributed by atoms with Gasteiger partial charge in [-0.3, -0.25) is 0 Å². The highest BCUT2D eigenvalue weighted by Gasteiger charge is 2.13. The van der Waals surface area contributed by atoms with Crippen LogP contribution in [0.5, 0.6) is 5.75 Å². The summed E-state index contributed by atoms with van der Waals surface area (Å²) in [7, 11) is 1.67. The minimum absolute atomic E-state index is 0.137. The van der Waals surface area contributed by atoms with Gasteiger partial charge in [-0.05, 0) is 54.3 Å². The van der Waals surface area contributed by atoms with E-state index >= 15 is 0 Å². The van der Waals surface area contributed by atoms with E-state index in [2.05, 4.69) is 41.9 Å². The van der Waals surface area contributed by atoms with Crippen LogP contribution >= 0.6 is 15.9 Å². The number of hydrogen-bond acceptors (Lipinski definition) is 2. The maximum Gasteiger partial charge on any atom is 0.119 e. The summed E-state index contributed by atoms with van der Waals surface area (Å²) < 4.78 is 6.37. The molecule has 19 heavy (non-hydrogen) atoms. The topological polar surface area (TPSA) is 35.2 Å². The van der Waals surface area contributed by atoms with Crippen molar-refractivity contribution in [3.8, 4) is 5.75 Å². The number of rotatable bonds is 3. The third-order valence-electron chi connectivity index (χ3n) is 3.34. The van der Waals surface area contributed by atoms with Crippen molar-refractivity contribution in [2.75, 3.05) is 7.11 Å². The number of benzene rings is 2. The van der Waals surface area contributed by atoms with Gasteiger partial charge >= 0.3 is 0 Å². The van der Waals surface area contributed by atoms with E-state index in [1.165, 1.54) is 11.1 Å². The van der Waals surface area contributed by atoms with Gasteiger partial charge in [-0.25, -0.2) is 0 Å². The molecule has 0 bridgehead atoms. The average Bonchev–Trinajstić information content (AvgIpc) is 2.42. The van der Waals surface area contributed by atoms with Gasteiger partial charge in [0, 0.05) is 4.47 Å². The smallest absolute Gasteiger partial charge is 0.119 e. The van der Waals surface area contributed by atoms with Crippen molar-refractivity contribution < 1.29 is 4.74 Å². The number of ether oxygens (including phenoxy) is 1. The number of hydrogen-bond donors (Lipinski definition) is 1. The molecule has 3 heteroatoms. The van der Waals surface area contributed by atoms with E-state index in [0.29, 0.717) is 0 Å². The Morgan fingerprint density at radius 1 is 1.11 bits per heavy atom. The average molecular weight is 320 g/mol. The lowest BCUT2D eigenvalue weighted by atomic mass is 9.94. The van der Waals surface area contributed by atoms with E-state index in [1.54, 1.807) is 7.11 Å². The molecule has 1 unspecified atom stereocenters. The number of methoxy groups -OCH3 is 1. The van der Waals surface area contributed by atoms with Crippen LogP contribution in [-0.4, -0.2) is 7.11 Å². The zero-order chi connectivity index (χ0) is 14.0. The van der Waals surface area contributed by atoms with Crippen molar-refractivity contribution in [3.63, 3.8) is 0 Å². The van der Waals surface area contributed by atoms with Gasteiger partial charge in [0.15, 0.2) is 0 Å². The second-order valence-electron chi connectivity index (χ2n) is 4.71. The second-order valence-corrected chi connectivity index (χ2v) is 5.57. The first kappa shape index (κ1) is 14.1. The maximum absolute atomic E-state index is 6.39. The van der Waals surface area contributed by atoms with Crippen LogP contribution in [0, 0.1) is 13.8 Å². The van der Waals surface area contributed by atoms with Crippen molar-refractivity contribution in [1.29, 1.82) is 0 Å². The molecule has 0 spiro atoms. The number of aryl methyl sites for hydroxylation is 2. The van der Waals surface area contributed by atoms with E-state index in [0.717, 1.165) is 21.3 Å². The van der Waals surface area contributed by atoms with Crippen molar-refractivity contribution in [2.45, 2.75) is 19.9 Å². The summed E-state index contributed by atoms with van der Waals surface area (Å²) in [5.74, 6) is 0.833. The highest BCUT2D eigenvalue weighted by atomic mass is 79.9. The molecule has 2 rings (SSSR count). The Labute approximate surface area is 122 Å². The molecule has 2 nitrogen and oxygen atoms in total. The lowest BCUT2D eigenvalue weighted by Gasteiger charge is -2.17. The fourth-order valence-electron chi connectivity index (χ4n) is 2.15. The molecule has 0 amide bonds. The molecule has 2 aromatic rings. The molecule has 1 atom stereocenters. The summed E-state index contributed by atoms with van der Waals surface area (Å²) in [6.07, 6.45) is 0. The maximum atomic E-state index is 6.39. The molecular formula is C16H18BrNO. The van der Waals surface area contributed by atoms with Crippen LogP contribution in [0.15, 0.2) is 40.9 Å². The van der Waals surface area contributed by atoms with Crippen LogP contribution in [0.4, 0.5) is 0 Å². The van der Waals surface area contributed by atoms with Gasteiger partial charge in [-0.1, -0.05) is 34.1 Å². The molecule has 0 heterocycles. The first-order valence-electron chi connectivity index (χ1n) is 6.19. The zero-order valence-electron chi connectivity index (χ0n) is 11.4. The van der Waals surface area contributed by atoms with E-state index in [9.17, 15) is 0 Å². The normalized spacial score (nSPS) is 12.3. The van der Waals surface area contributed by atoms with Crippen LogP contribution in [0.1, 0.15) is 28.3 Å². The molecule has 0 saturated carbocycles. The monoisotopic (exact) mass is 319 g/mol. The molecule has 0 fully saturated rings. The highest BCUT2D eigenvalue weighted by molar-refractivity contribution is 9.10. The van der Waals surface area contributed by atoms with E-state index in [1.807, 2.05) is 24.3 Å². The van der Waals surface area contributed by atoms with Crippen LogP contribution in [-0.2, 0) is 0 Å². The van der Waals surface area contributed by atoms with Gasteiger partial charge in [-0.2, -0.15) is 0 Å². The summed E-state index contributed by atoms with van der Waals surface area (Å²) in [4.78, 5) is 0. The summed E-state index contributed by atoms with van der Waals surface area (Å²) in [5.41, 5.74) is 11.0. The third kappa shape index (κ3) is 2.99. The Hall–Kier alpha value is -1.32. The lowest BCUT2D eigenvalue weighted by molar-refractivity contribution is 0.414. The molecule has 100 valence electrons. The van der Waals surface area contributed by atoms with Crippen molar-refractivity contribution in [3.05, 3.63) is 63.1 Å². The van der Waals surface area contributed by atoms with Gasteiger partial charge < -0.3 is 10.5 Å². The summed E-state index contributed by atoms with van der Waals surface area (Å²) in [6.45, 7) is 4.16. The summed E-state index contributed by atoms with van der Waals surface area (Å²) in [5, 5.41) is 0. The van der Waals surface area contributed by atoms with Gasteiger partial charge in [0.05, 0.1) is 13.2 Å². The van der Waals surface area contributed by atoms with Crippen molar-refractivity contribution in [1.82, 2.24) is 0 Å². The van der Waals surface area contributed by atoms with E-state index in [-0.39, 0.29) is 6.04 Å². The molecule has 0 aromatic heterocycles. The van der Waals surface area contributed by atoms with Gasteiger partial charge in [0.25, 0.3) is 0 Å². The zero-order valence-corrected chi connectivity index (χ0v) is 13.0. The fourth-order valence-corrected chi connectivity index (χ4v) is 2.61. The predicted octanol–water partition coefficient (Wildman–Crippen LogP) is 4.12. The van der Waals surface area contributed by atoms with Crippen molar-refractivity contribution in [2.24, 2.45) is 5.73 Å². The molecule has 0 aliphatic rings. The van der Waals surface area contributed by atoms with Gasteiger partial charge in [0.1, 0.15) is 5.75 Å². The Morgan fingerprint density at radius 3 is 2.53 bits per heavy atom. The molecule has 0 saturated heterocycles. The molecule has 0 radical (unpaired) electrons. The molecule has 2 N–H and O–H groups in total. The third-order valence-corrected chi connectivity index (χ3v) is 4.19. The minimum Gasteiger partial charge on any atom is -0.497 e. The molecule has 0 aliphatic carbocycles. The Balaban J connectivity index is 2.43. The lowest BCUT2D eigenvalue weighted by Crippen LogP contribution is -2.13. The highest BCUT2D eigenvalue weighted by Crippen LogP contribution is 2.29. The second kappa shape index (κ2) is 5.76. The molecular weight excluding hydrogens is 302 g/mol. The number of halogens is 1. The molecule has 2 aromatic carbocycles. The fraction of sp³-hybridized carbons (Fsp3) is 0.250. The van der Waals surface area contributed by atoms with Gasteiger partial charge in [0.2, 0.25) is 0 Å². The van der Waals surface area contributed by atoms with Crippen LogP contribution in [0.2, 0.25) is 0 Å². The molecule has 0 aliphatic heterocycles. The Bertz CT molecular complexity index is 595. The number of nitrogens with two attached hydrogens (primary N) is 1. The first-order chi connectivity index (χ1) is 9.02. The van der Waals surface area contributed by atoms with E-state index < -0.39 is 0 Å². The van der Waals surface area contributed by atoms with Crippen LogP contribution in [0.25, 0.3) is 0 Å². The van der Waals surface area contributed by atoms with Crippen LogP contribution < -0.4 is 10.5 Å². The van der Waals surface area contributed by atoms with E-state index in [4.69, 9.17) is 10.5 Å². The summed E-state index contributed by atoms with van der Waals surface area (Å²) in [6, 6.07) is 12.0. The quantitative estimate of drug-likeness (QED) is 0.923.